The molecule has 1 aromatic rings. The number of hydrogen-bond donors (Lipinski definition) is 2. The summed E-state index contributed by atoms with van der Waals surface area (Å²) in [6.07, 6.45) is 2.11. The van der Waals surface area contributed by atoms with Gasteiger partial charge >= 0.3 is 0 Å². The number of nitrogens with two attached hydrogens (primary N) is 1. The second kappa shape index (κ2) is 5.12. The van der Waals surface area contributed by atoms with Crippen molar-refractivity contribution in [3.8, 4) is 0 Å². The summed E-state index contributed by atoms with van der Waals surface area (Å²) in [5.74, 6) is -0.454. The van der Waals surface area contributed by atoms with Crippen LogP contribution in [0.1, 0.15) is 32.3 Å². The zero-order valence-electron chi connectivity index (χ0n) is 11.3. The van der Waals surface area contributed by atoms with E-state index in [-0.39, 0.29) is 16.1 Å². The van der Waals surface area contributed by atoms with Gasteiger partial charge in [0.05, 0.1) is 10.2 Å². The quantitative estimate of drug-likeness (QED) is 0.645. The maximum atomic E-state index is 14.4. The van der Waals surface area contributed by atoms with Crippen molar-refractivity contribution < 1.29 is 4.39 Å². The normalized spacial score (nSPS) is 18.4. The highest BCUT2D eigenvalue weighted by molar-refractivity contribution is 9.10. The molecule has 0 aliphatic carbocycles. The van der Waals surface area contributed by atoms with Gasteiger partial charge in [-0.05, 0) is 46.3 Å². The summed E-state index contributed by atoms with van der Waals surface area (Å²) in [6, 6.07) is 3.42. The molecule has 5 heteroatoms. The summed E-state index contributed by atoms with van der Waals surface area (Å²) in [6.45, 7) is 6.20. The van der Waals surface area contributed by atoms with Crippen molar-refractivity contribution in [3.63, 3.8) is 0 Å². The van der Waals surface area contributed by atoms with E-state index < -0.39 is 0 Å². The van der Waals surface area contributed by atoms with Gasteiger partial charge < -0.3 is 10.6 Å². The number of nitrogens with zero attached hydrogens (tertiary/aromatic N) is 1. The lowest BCUT2D eigenvalue weighted by molar-refractivity contribution is 0.279. The second-order valence-electron chi connectivity index (χ2n) is 5.83. The first kappa shape index (κ1) is 14.3. The first-order valence-corrected chi connectivity index (χ1v) is 7.18. The van der Waals surface area contributed by atoms with E-state index in [1.807, 2.05) is 0 Å². The number of rotatable bonds is 2. The van der Waals surface area contributed by atoms with Gasteiger partial charge in [-0.2, -0.15) is 0 Å². The van der Waals surface area contributed by atoms with Gasteiger partial charge in [0.25, 0.3) is 0 Å². The van der Waals surface area contributed by atoms with Gasteiger partial charge in [0.2, 0.25) is 0 Å². The number of amidine groups is 1. The standard InChI is InChI=1S/C14H19BrFN3/c1-14(2)5-7-19(8-6-14)10-4-3-9(13(17)18)11(15)12(10)16/h3-4H,5-8H2,1-2H3,(H3,17,18). The lowest BCUT2D eigenvalue weighted by Gasteiger charge is -2.38. The fraction of sp³-hybridized carbons (Fsp3) is 0.500. The number of piperidine rings is 1. The molecule has 2 rings (SSSR count). The van der Waals surface area contributed by atoms with Crippen LogP contribution in [0.4, 0.5) is 10.1 Å². The van der Waals surface area contributed by atoms with E-state index in [0.717, 1.165) is 25.9 Å². The van der Waals surface area contributed by atoms with Crippen LogP contribution in [0.3, 0.4) is 0 Å². The predicted molar refractivity (Wildman–Crippen MR) is 80.3 cm³/mol. The molecule has 104 valence electrons. The Hall–Kier alpha value is -1.10. The van der Waals surface area contributed by atoms with E-state index in [2.05, 4.69) is 34.7 Å². The van der Waals surface area contributed by atoms with Crippen molar-refractivity contribution in [3.05, 3.63) is 28.0 Å². The molecule has 1 aliphatic heterocycles. The second-order valence-corrected chi connectivity index (χ2v) is 6.62. The van der Waals surface area contributed by atoms with Crippen molar-refractivity contribution in [1.82, 2.24) is 0 Å². The van der Waals surface area contributed by atoms with E-state index in [4.69, 9.17) is 11.1 Å². The minimum Gasteiger partial charge on any atom is -0.384 e. The number of nitrogens with one attached hydrogen (secondary N) is 1. The fourth-order valence-corrected chi connectivity index (χ4v) is 2.89. The van der Waals surface area contributed by atoms with Crippen LogP contribution in [-0.2, 0) is 0 Å². The van der Waals surface area contributed by atoms with E-state index in [9.17, 15) is 4.39 Å². The zero-order valence-corrected chi connectivity index (χ0v) is 12.8. The molecule has 0 spiro atoms. The molecule has 0 unspecified atom stereocenters. The number of nitrogen functional groups attached to an aromatic ring is 1. The van der Waals surface area contributed by atoms with Crippen LogP contribution in [-0.4, -0.2) is 18.9 Å². The summed E-state index contributed by atoms with van der Waals surface area (Å²) < 4.78 is 14.6. The summed E-state index contributed by atoms with van der Waals surface area (Å²) in [5, 5.41) is 7.41. The molecular weight excluding hydrogens is 309 g/mol. The van der Waals surface area contributed by atoms with Crippen LogP contribution in [0, 0.1) is 16.6 Å². The van der Waals surface area contributed by atoms with E-state index in [1.165, 1.54) is 0 Å². The minimum atomic E-state index is -0.326. The molecule has 0 aromatic heterocycles. The molecular formula is C14H19BrFN3. The molecule has 3 nitrogen and oxygen atoms in total. The van der Waals surface area contributed by atoms with Crippen LogP contribution in [0.15, 0.2) is 16.6 Å². The highest BCUT2D eigenvalue weighted by Crippen LogP contribution is 2.35. The third-order valence-electron chi connectivity index (χ3n) is 3.81. The van der Waals surface area contributed by atoms with Crippen molar-refractivity contribution in [2.75, 3.05) is 18.0 Å². The molecule has 0 saturated carbocycles. The molecule has 1 fully saturated rings. The maximum absolute atomic E-state index is 14.4. The van der Waals surface area contributed by atoms with Gasteiger partial charge in [0, 0.05) is 18.7 Å². The number of halogens is 2. The average molecular weight is 328 g/mol. The Balaban J connectivity index is 2.27. The van der Waals surface area contributed by atoms with Crippen molar-refractivity contribution in [1.29, 1.82) is 5.41 Å². The van der Waals surface area contributed by atoms with Gasteiger partial charge in [-0.3, -0.25) is 5.41 Å². The van der Waals surface area contributed by atoms with Gasteiger partial charge in [-0.25, -0.2) is 4.39 Å². The SMILES string of the molecule is CC1(C)CCN(c2ccc(C(=N)N)c(Br)c2F)CC1. The predicted octanol–water partition coefficient (Wildman–Crippen LogP) is 3.50. The number of anilines is 1. The Labute approximate surface area is 121 Å². The first-order valence-electron chi connectivity index (χ1n) is 6.39. The Morgan fingerprint density at radius 1 is 1.37 bits per heavy atom. The van der Waals surface area contributed by atoms with Crippen molar-refractivity contribution >= 4 is 27.5 Å². The van der Waals surface area contributed by atoms with E-state index in [0.29, 0.717) is 16.7 Å². The monoisotopic (exact) mass is 327 g/mol. The summed E-state index contributed by atoms with van der Waals surface area (Å²) >= 11 is 3.20. The lowest BCUT2D eigenvalue weighted by atomic mass is 9.82. The van der Waals surface area contributed by atoms with Crippen LogP contribution >= 0.6 is 15.9 Å². The fourth-order valence-electron chi connectivity index (χ4n) is 2.34. The van der Waals surface area contributed by atoms with E-state index >= 15 is 0 Å². The Morgan fingerprint density at radius 2 is 1.95 bits per heavy atom. The van der Waals surface area contributed by atoms with Crippen LogP contribution < -0.4 is 10.6 Å². The maximum Gasteiger partial charge on any atom is 0.161 e. The zero-order chi connectivity index (χ0) is 14.2. The largest absolute Gasteiger partial charge is 0.384 e. The molecule has 3 N–H and O–H groups in total. The first-order chi connectivity index (χ1) is 8.82. The van der Waals surface area contributed by atoms with Gasteiger partial charge in [-0.1, -0.05) is 13.8 Å². The Morgan fingerprint density at radius 3 is 2.47 bits per heavy atom. The molecule has 0 atom stereocenters. The number of benzene rings is 1. The molecule has 0 radical (unpaired) electrons. The molecule has 0 amide bonds. The lowest BCUT2D eigenvalue weighted by Crippen LogP contribution is -2.37. The molecule has 1 aliphatic rings. The highest BCUT2D eigenvalue weighted by atomic mass is 79.9. The number of hydrogen-bond acceptors (Lipinski definition) is 2. The van der Waals surface area contributed by atoms with E-state index in [1.54, 1.807) is 12.1 Å². The Kier molecular flexibility index (Phi) is 3.85. The molecule has 1 saturated heterocycles. The molecule has 1 heterocycles. The molecule has 19 heavy (non-hydrogen) atoms. The smallest absolute Gasteiger partial charge is 0.161 e. The van der Waals surface area contributed by atoms with Gasteiger partial charge in [0.15, 0.2) is 5.82 Å². The summed E-state index contributed by atoms with van der Waals surface area (Å²) in [7, 11) is 0. The summed E-state index contributed by atoms with van der Waals surface area (Å²) in [5.41, 5.74) is 6.75. The van der Waals surface area contributed by atoms with Crippen molar-refractivity contribution in [2.24, 2.45) is 11.1 Å². The summed E-state index contributed by atoms with van der Waals surface area (Å²) in [4.78, 5) is 2.06. The third kappa shape index (κ3) is 2.91. The van der Waals surface area contributed by atoms with Crippen LogP contribution in [0.5, 0.6) is 0 Å². The molecule has 1 aromatic carbocycles. The van der Waals surface area contributed by atoms with Crippen LogP contribution in [0.2, 0.25) is 0 Å². The Bertz CT molecular complexity index is 504. The third-order valence-corrected chi connectivity index (χ3v) is 4.59. The van der Waals surface area contributed by atoms with Crippen molar-refractivity contribution in [2.45, 2.75) is 26.7 Å². The average Bonchev–Trinajstić information content (AvgIpc) is 2.33. The van der Waals surface area contributed by atoms with Gasteiger partial charge in [-0.15, -0.1) is 0 Å². The minimum absolute atomic E-state index is 0.128. The molecule has 0 bridgehead atoms. The van der Waals surface area contributed by atoms with Gasteiger partial charge in [0.1, 0.15) is 5.84 Å². The topological polar surface area (TPSA) is 53.1 Å². The van der Waals surface area contributed by atoms with Crippen LogP contribution in [0.25, 0.3) is 0 Å². The highest BCUT2D eigenvalue weighted by Gasteiger charge is 2.27.